The lowest BCUT2D eigenvalue weighted by Crippen LogP contribution is -2.40. The lowest BCUT2D eigenvalue weighted by Gasteiger charge is -2.21. The van der Waals surface area contributed by atoms with E-state index in [2.05, 4.69) is 47.3 Å². The van der Waals surface area contributed by atoms with Crippen LogP contribution in [-0.4, -0.2) is 45.3 Å². The lowest BCUT2D eigenvalue weighted by atomic mass is 10.0. The number of nitrogens with zero attached hydrogens (tertiary/aromatic N) is 5. The third-order valence-corrected chi connectivity index (χ3v) is 5.51. The largest absolute Gasteiger partial charge is 0.357 e. The van der Waals surface area contributed by atoms with Gasteiger partial charge in [0.25, 0.3) is 0 Å². The molecule has 1 aliphatic heterocycles. The number of aryl methyl sites for hydroxylation is 3. The van der Waals surface area contributed by atoms with Crippen LogP contribution >= 0.6 is 11.3 Å². The van der Waals surface area contributed by atoms with Crippen molar-refractivity contribution in [1.82, 2.24) is 25.0 Å². The highest BCUT2D eigenvalue weighted by molar-refractivity contribution is 7.11. The van der Waals surface area contributed by atoms with Gasteiger partial charge in [0.2, 0.25) is 0 Å². The maximum atomic E-state index is 4.81. The highest BCUT2D eigenvalue weighted by atomic mass is 32.1. The van der Waals surface area contributed by atoms with Gasteiger partial charge >= 0.3 is 0 Å². The number of rotatable bonds is 4. The summed E-state index contributed by atoms with van der Waals surface area (Å²) in [6.45, 7) is 9.84. The van der Waals surface area contributed by atoms with Crippen LogP contribution in [0.2, 0.25) is 0 Å². The fourth-order valence-electron chi connectivity index (χ4n) is 3.05. The van der Waals surface area contributed by atoms with Crippen LogP contribution in [0.15, 0.2) is 17.4 Å². The standard InChI is InChI=1S/C17H26N6S/c1-5-18-17(19-9-16-21-12(2)13(3)24-16)23-7-6-14(11-23)15-8-20-22(4)10-15/h8,10,14H,5-7,9,11H2,1-4H3,(H,18,19). The normalized spacial score (nSPS) is 18.4. The van der Waals surface area contributed by atoms with Crippen molar-refractivity contribution in [2.75, 3.05) is 19.6 Å². The third kappa shape index (κ3) is 3.77. The van der Waals surface area contributed by atoms with Crippen LogP contribution < -0.4 is 5.32 Å². The number of likely N-dealkylation sites (tertiary alicyclic amines) is 1. The molecule has 3 heterocycles. The Bertz CT molecular complexity index is 697. The van der Waals surface area contributed by atoms with Gasteiger partial charge in [0.05, 0.1) is 18.4 Å². The summed E-state index contributed by atoms with van der Waals surface area (Å²) < 4.78 is 1.88. The highest BCUT2D eigenvalue weighted by Crippen LogP contribution is 2.27. The Morgan fingerprint density at radius 1 is 1.46 bits per heavy atom. The van der Waals surface area contributed by atoms with Crippen LogP contribution in [0, 0.1) is 13.8 Å². The van der Waals surface area contributed by atoms with Gasteiger partial charge in [-0.2, -0.15) is 5.10 Å². The van der Waals surface area contributed by atoms with Gasteiger partial charge in [0, 0.05) is 43.7 Å². The van der Waals surface area contributed by atoms with Gasteiger partial charge in [-0.15, -0.1) is 11.3 Å². The minimum atomic E-state index is 0.534. The predicted molar refractivity (Wildman–Crippen MR) is 98.5 cm³/mol. The van der Waals surface area contributed by atoms with E-state index in [9.17, 15) is 0 Å². The Kier molecular flexibility index (Phi) is 5.18. The topological polar surface area (TPSA) is 58.3 Å². The average Bonchev–Trinajstić information content (AvgIpc) is 3.25. The summed E-state index contributed by atoms with van der Waals surface area (Å²) in [4.78, 5) is 13.0. The molecule has 6 nitrogen and oxygen atoms in total. The zero-order chi connectivity index (χ0) is 17.1. The third-order valence-electron chi connectivity index (χ3n) is 4.46. The van der Waals surface area contributed by atoms with Gasteiger partial charge in [-0.25, -0.2) is 9.98 Å². The maximum absolute atomic E-state index is 4.81. The van der Waals surface area contributed by atoms with Crippen molar-refractivity contribution in [2.24, 2.45) is 12.0 Å². The molecule has 1 N–H and O–H groups in total. The first-order valence-electron chi connectivity index (χ1n) is 8.51. The molecule has 1 saturated heterocycles. The fraction of sp³-hybridized carbons (Fsp3) is 0.588. The van der Waals surface area contributed by atoms with Crippen LogP contribution in [0.1, 0.15) is 40.4 Å². The van der Waals surface area contributed by atoms with Gasteiger partial charge < -0.3 is 10.2 Å². The molecule has 2 aromatic rings. The second-order valence-corrected chi connectivity index (χ2v) is 7.59. The Morgan fingerprint density at radius 2 is 2.29 bits per heavy atom. The molecule has 1 fully saturated rings. The molecule has 0 amide bonds. The Morgan fingerprint density at radius 3 is 2.92 bits per heavy atom. The fourth-order valence-corrected chi connectivity index (χ4v) is 3.91. The molecule has 130 valence electrons. The number of aromatic nitrogens is 3. The van der Waals surface area contributed by atoms with E-state index in [1.54, 1.807) is 11.3 Å². The summed E-state index contributed by atoms with van der Waals surface area (Å²) in [6.07, 6.45) is 5.25. The Labute approximate surface area is 147 Å². The van der Waals surface area contributed by atoms with E-state index in [1.807, 2.05) is 17.9 Å². The maximum Gasteiger partial charge on any atom is 0.194 e. The van der Waals surface area contributed by atoms with Crippen molar-refractivity contribution in [3.05, 3.63) is 33.5 Å². The van der Waals surface area contributed by atoms with Gasteiger partial charge in [0.1, 0.15) is 5.01 Å². The van der Waals surface area contributed by atoms with Gasteiger partial charge in [-0.3, -0.25) is 4.68 Å². The number of hydrogen-bond acceptors (Lipinski definition) is 4. The van der Waals surface area contributed by atoms with E-state index in [1.165, 1.54) is 10.4 Å². The van der Waals surface area contributed by atoms with Crippen molar-refractivity contribution < 1.29 is 0 Å². The number of nitrogens with one attached hydrogen (secondary N) is 1. The summed E-state index contributed by atoms with van der Waals surface area (Å²) in [5.74, 6) is 1.53. The predicted octanol–water partition coefficient (Wildman–Crippen LogP) is 2.45. The lowest BCUT2D eigenvalue weighted by molar-refractivity contribution is 0.486. The van der Waals surface area contributed by atoms with Crippen LogP contribution in [0.5, 0.6) is 0 Å². The summed E-state index contributed by atoms with van der Waals surface area (Å²) in [6, 6.07) is 0. The van der Waals surface area contributed by atoms with Crippen molar-refractivity contribution in [3.8, 4) is 0 Å². The van der Waals surface area contributed by atoms with E-state index >= 15 is 0 Å². The number of guanidine groups is 1. The van der Waals surface area contributed by atoms with Crippen molar-refractivity contribution >= 4 is 17.3 Å². The quantitative estimate of drug-likeness (QED) is 0.682. The first-order chi connectivity index (χ1) is 11.6. The molecule has 24 heavy (non-hydrogen) atoms. The van der Waals surface area contributed by atoms with Crippen LogP contribution in [0.25, 0.3) is 0 Å². The van der Waals surface area contributed by atoms with E-state index in [0.717, 1.165) is 42.7 Å². The molecule has 0 aliphatic carbocycles. The monoisotopic (exact) mass is 346 g/mol. The van der Waals surface area contributed by atoms with Crippen molar-refractivity contribution in [2.45, 2.75) is 39.7 Å². The molecule has 0 bridgehead atoms. The molecule has 0 radical (unpaired) electrons. The van der Waals surface area contributed by atoms with E-state index < -0.39 is 0 Å². The summed E-state index contributed by atoms with van der Waals surface area (Å²) >= 11 is 1.74. The van der Waals surface area contributed by atoms with Crippen LogP contribution in [0.4, 0.5) is 0 Å². The van der Waals surface area contributed by atoms with Crippen LogP contribution in [0.3, 0.4) is 0 Å². The minimum Gasteiger partial charge on any atom is -0.357 e. The SMILES string of the molecule is CCNC(=NCc1nc(C)c(C)s1)N1CCC(c2cnn(C)c2)C1. The molecule has 1 unspecified atom stereocenters. The molecule has 3 rings (SSSR count). The highest BCUT2D eigenvalue weighted by Gasteiger charge is 2.26. The number of aliphatic imine (C=N–C) groups is 1. The number of thiazole rings is 1. The second-order valence-electron chi connectivity index (χ2n) is 6.30. The Balaban J connectivity index is 1.68. The molecular formula is C17H26N6S. The molecule has 2 aromatic heterocycles. The molecular weight excluding hydrogens is 320 g/mol. The molecule has 0 spiro atoms. The van der Waals surface area contributed by atoms with Crippen LogP contribution in [-0.2, 0) is 13.6 Å². The smallest absolute Gasteiger partial charge is 0.194 e. The van der Waals surface area contributed by atoms with Gasteiger partial charge in [0.15, 0.2) is 5.96 Å². The first-order valence-corrected chi connectivity index (χ1v) is 9.33. The van der Waals surface area contributed by atoms with Crippen molar-refractivity contribution in [3.63, 3.8) is 0 Å². The summed E-state index contributed by atoms with van der Waals surface area (Å²) in [5.41, 5.74) is 2.44. The van der Waals surface area contributed by atoms with E-state index in [4.69, 9.17) is 4.99 Å². The molecule has 1 aliphatic rings. The molecule has 0 saturated carbocycles. The second kappa shape index (κ2) is 7.34. The van der Waals surface area contributed by atoms with E-state index in [-0.39, 0.29) is 0 Å². The molecule has 1 atom stereocenters. The zero-order valence-electron chi connectivity index (χ0n) is 14.9. The van der Waals surface area contributed by atoms with Gasteiger partial charge in [-0.1, -0.05) is 0 Å². The zero-order valence-corrected chi connectivity index (χ0v) is 15.7. The minimum absolute atomic E-state index is 0.534. The molecule has 7 heteroatoms. The van der Waals surface area contributed by atoms with Crippen molar-refractivity contribution in [1.29, 1.82) is 0 Å². The Hall–Kier alpha value is -1.89. The summed E-state index contributed by atoms with van der Waals surface area (Å²) in [5, 5.41) is 8.81. The van der Waals surface area contributed by atoms with Gasteiger partial charge in [-0.05, 0) is 32.8 Å². The van der Waals surface area contributed by atoms with E-state index in [0.29, 0.717) is 12.5 Å². The average molecular weight is 347 g/mol. The summed E-state index contributed by atoms with van der Waals surface area (Å²) in [7, 11) is 1.97. The number of hydrogen-bond donors (Lipinski definition) is 1. The molecule has 0 aromatic carbocycles. The first kappa shape index (κ1) is 17.0.